The molecule has 1 fully saturated rings. The van der Waals surface area contributed by atoms with Crippen LogP contribution < -0.4 is 14.8 Å². The van der Waals surface area contributed by atoms with Gasteiger partial charge >= 0.3 is 0 Å². The lowest BCUT2D eigenvalue weighted by Gasteiger charge is -2.38. The van der Waals surface area contributed by atoms with Gasteiger partial charge in [-0.2, -0.15) is 0 Å². The minimum absolute atomic E-state index is 0.128. The molecule has 2 aliphatic rings. The molecule has 0 atom stereocenters. The predicted molar refractivity (Wildman–Crippen MR) is 105 cm³/mol. The third-order valence-electron chi connectivity index (χ3n) is 4.74. The Morgan fingerprint density at radius 1 is 1.14 bits per heavy atom. The number of amides is 2. The second kappa shape index (κ2) is 6.65. The van der Waals surface area contributed by atoms with Crippen molar-refractivity contribution in [3.05, 3.63) is 47.0 Å². The van der Waals surface area contributed by atoms with Gasteiger partial charge in [-0.3, -0.25) is 9.59 Å². The highest BCUT2D eigenvalue weighted by Crippen LogP contribution is 2.34. The summed E-state index contributed by atoms with van der Waals surface area (Å²) < 4.78 is 11.5. The molecule has 2 aliphatic heterocycles. The first kappa shape index (κ1) is 17.3. The number of ether oxygens (including phenoxy) is 2. The molecule has 0 spiro atoms. The molecule has 5 rings (SSSR count). The maximum atomic E-state index is 12.6. The number of nitrogens with one attached hydrogen (secondary N) is 1. The number of anilines is 1. The molecule has 142 valence electrons. The van der Waals surface area contributed by atoms with Crippen LogP contribution in [0.15, 0.2) is 36.4 Å². The molecule has 0 unspecified atom stereocenters. The van der Waals surface area contributed by atoms with Gasteiger partial charge < -0.3 is 19.7 Å². The Morgan fingerprint density at radius 2 is 1.96 bits per heavy atom. The number of thiazole rings is 1. The van der Waals surface area contributed by atoms with E-state index in [1.807, 2.05) is 12.1 Å². The van der Waals surface area contributed by atoms with E-state index in [0.717, 1.165) is 10.2 Å². The van der Waals surface area contributed by atoms with Crippen LogP contribution in [0.4, 0.5) is 5.13 Å². The first-order chi connectivity index (χ1) is 13.6. The Balaban J connectivity index is 1.21. The third kappa shape index (κ3) is 3.04. The molecule has 1 aromatic heterocycles. The fourth-order valence-electron chi connectivity index (χ4n) is 3.18. The topological polar surface area (TPSA) is 80.8 Å². The Kier molecular flexibility index (Phi) is 4.10. The summed E-state index contributed by atoms with van der Waals surface area (Å²) in [7, 11) is 0. The number of aromatic nitrogens is 1. The number of benzene rings is 2. The second-order valence-corrected chi connectivity index (χ2v) is 8.06. The average Bonchev–Trinajstić information content (AvgIpc) is 3.25. The quantitative estimate of drug-likeness (QED) is 0.709. The average molecular weight is 416 g/mol. The van der Waals surface area contributed by atoms with Gasteiger partial charge in [0.25, 0.3) is 5.91 Å². The van der Waals surface area contributed by atoms with E-state index in [4.69, 9.17) is 21.1 Å². The summed E-state index contributed by atoms with van der Waals surface area (Å²) in [6.07, 6.45) is 0. The van der Waals surface area contributed by atoms with E-state index in [1.54, 1.807) is 29.2 Å². The highest BCUT2D eigenvalue weighted by molar-refractivity contribution is 7.22. The molecule has 1 saturated heterocycles. The lowest BCUT2D eigenvalue weighted by molar-refractivity contribution is -0.123. The summed E-state index contributed by atoms with van der Waals surface area (Å²) in [4.78, 5) is 31.1. The van der Waals surface area contributed by atoms with E-state index in [0.29, 0.717) is 40.3 Å². The normalized spacial score (nSPS) is 15.5. The zero-order chi connectivity index (χ0) is 19.3. The molecule has 0 bridgehead atoms. The van der Waals surface area contributed by atoms with E-state index in [9.17, 15) is 9.59 Å². The summed E-state index contributed by atoms with van der Waals surface area (Å²) in [5.74, 6) is 0.677. The van der Waals surface area contributed by atoms with Crippen LogP contribution in [0, 0.1) is 5.92 Å². The van der Waals surface area contributed by atoms with Crippen molar-refractivity contribution in [2.75, 3.05) is 25.2 Å². The van der Waals surface area contributed by atoms with Crippen LogP contribution in [0.5, 0.6) is 11.5 Å². The summed E-state index contributed by atoms with van der Waals surface area (Å²) in [5, 5.41) is 4.00. The number of hydrogen-bond acceptors (Lipinski definition) is 6. The van der Waals surface area contributed by atoms with Crippen LogP contribution in [0.1, 0.15) is 10.4 Å². The Morgan fingerprint density at radius 3 is 2.82 bits per heavy atom. The fourth-order valence-corrected chi connectivity index (χ4v) is 4.33. The zero-order valence-corrected chi connectivity index (χ0v) is 16.0. The molecule has 2 aromatic carbocycles. The van der Waals surface area contributed by atoms with Gasteiger partial charge in [-0.1, -0.05) is 22.9 Å². The smallest absolute Gasteiger partial charge is 0.254 e. The molecule has 3 aromatic rings. The van der Waals surface area contributed by atoms with Crippen LogP contribution in [0.25, 0.3) is 10.2 Å². The maximum absolute atomic E-state index is 12.6. The minimum atomic E-state index is -0.256. The molecule has 3 heterocycles. The van der Waals surface area contributed by atoms with Gasteiger partial charge in [0, 0.05) is 23.7 Å². The first-order valence-electron chi connectivity index (χ1n) is 8.63. The molecule has 0 saturated carbocycles. The monoisotopic (exact) mass is 415 g/mol. The predicted octanol–water partition coefficient (Wildman–Crippen LogP) is 3.39. The zero-order valence-electron chi connectivity index (χ0n) is 14.5. The number of likely N-dealkylation sites (tertiary alicyclic amines) is 1. The summed E-state index contributed by atoms with van der Waals surface area (Å²) in [6.45, 7) is 0.905. The molecule has 9 heteroatoms. The number of hydrogen-bond donors (Lipinski definition) is 1. The lowest BCUT2D eigenvalue weighted by atomic mass is 9.98. The number of halogens is 1. The summed E-state index contributed by atoms with van der Waals surface area (Å²) >= 11 is 7.36. The highest BCUT2D eigenvalue weighted by atomic mass is 35.5. The number of carbonyl (C=O) groups excluding carboxylic acids is 2. The van der Waals surface area contributed by atoms with E-state index in [-0.39, 0.29) is 24.5 Å². The molecule has 0 aliphatic carbocycles. The molecule has 1 N–H and O–H groups in total. The van der Waals surface area contributed by atoms with Gasteiger partial charge in [-0.15, -0.1) is 0 Å². The van der Waals surface area contributed by atoms with Crippen molar-refractivity contribution in [3.8, 4) is 11.5 Å². The van der Waals surface area contributed by atoms with E-state index >= 15 is 0 Å². The van der Waals surface area contributed by atoms with Crippen molar-refractivity contribution in [1.82, 2.24) is 9.88 Å². The standard InChI is InChI=1S/C19H14ClN3O4S/c20-12-2-3-13-16(6-12)28-19(21-13)22-17(24)11-7-23(8-11)18(25)10-1-4-14-15(5-10)27-9-26-14/h1-6,11H,7-9H2,(H,21,22,24). The van der Waals surface area contributed by atoms with Gasteiger partial charge in [-0.25, -0.2) is 4.98 Å². The molecular weight excluding hydrogens is 402 g/mol. The Labute approximate surface area is 168 Å². The van der Waals surface area contributed by atoms with Crippen molar-refractivity contribution in [2.24, 2.45) is 5.92 Å². The van der Waals surface area contributed by atoms with E-state index in [2.05, 4.69) is 10.3 Å². The van der Waals surface area contributed by atoms with Crippen LogP contribution in [-0.4, -0.2) is 41.6 Å². The van der Waals surface area contributed by atoms with E-state index < -0.39 is 0 Å². The number of rotatable bonds is 3. The van der Waals surface area contributed by atoms with Crippen molar-refractivity contribution < 1.29 is 19.1 Å². The van der Waals surface area contributed by atoms with Crippen LogP contribution in [0.3, 0.4) is 0 Å². The molecule has 28 heavy (non-hydrogen) atoms. The van der Waals surface area contributed by atoms with Crippen LogP contribution in [-0.2, 0) is 4.79 Å². The SMILES string of the molecule is O=C(Nc1nc2ccc(Cl)cc2s1)C1CN(C(=O)c2ccc3c(c2)OCO3)C1. The fraction of sp³-hybridized carbons (Fsp3) is 0.211. The van der Waals surface area contributed by atoms with Gasteiger partial charge in [0.15, 0.2) is 16.6 Å². The molecular formula is C19H14ClN3O4S. The Bertz CT molecular complexity index is 1110. The van der Waals surface area contributed by atoms with Gasteiger partial charge in [0.1, 0.15) is 0 Å². The van der Waals surface area contributed by atoms with Gasteiger partial charge in [0.2, 0.25) is 12.7 Å². The minimum Gasteiger partial charge on any atom is -0.454 e. The largest absolute Gasteiger partial charge is 0.454 e. The number of carbonyl (C=O) groups is 2. The van der Waals surface area contributed by atoms with Crippen LogP contribution >= 0.6 is 22.9 Å². The summed E-state index contributed by atoms with van der Waals surface area (Å²) in [5.41, 5.74) is 1.31. The van der Waals surface area contributed by atoms with Gasteiger partial charge in [0.05, 0.1) is 16.1 Å². The number of nitrogens with zero attached hydrogens (tertiary/aromatic N) is 2. The van der Waals surface area contributed by atoms with Crippen molar-refractivity contribution in [3.63, 3.8) is 0 Å². The number of fused-ring (bicyclic) bond motifs is 2. The summed E-state index contributed by atoms with van der Waals surface area (Å²) in [6, 6.07) is 10.5. The van der Waals surface area contributed by atoms with Crippen molar-refractivity contribution in [1.29, 1.82) is 0 Å². The third-order valence-corrected chi connectivity index (χ3v) is 5.91. The van der Waals surface area contributed by atoms with E-state index in [1.165, 1.54) is 11.3 Å². The second-order valence-electron chi connectivity index (χ2n) is 6.60. The lowest BCUT2D eigenvalue weighted by Crippen LogP contribution is -2.54. The highest BCUT2D eigenvalue weighted by Gasteiger charge is 2.36. The Hall–Kier alpha value is -2.84. The molecule has 2 amide bonds. The molecule has 7 nitrogen and oxygen atoms in total. The van der Waals surface area contributed by atoms with Crippen molar-refractivity contribution in [2.45, 2.75) is 0 Å². The van der Waals surface area contributed by atoms with Crippen molar-refractivity contribution >= 4 is 50.1 Å². The van der Waals surface area contributed by atoms with Gasteiger partial charge in [-0.05, 0) is 36.4 Å². The molecule has 0 radical (unpaired) electrons. The first-order valence-corrected chi connectivity index (χ1v) is 9.82. The van der Waals surface area contributed by atoms with Crippen LogP contribution in [0.2, 0.25) is 5.02 Å². The maximum Gasteiger partial charge on any atom is 0.254 e.